The molecule has 3 atom stereocenters. The van der Waals surface area contributed by atoms with Crippen LogP contribution in [0, 0.1) is 11.8 Å². The van der Waals surface area contributed by atoms with Gasteiger partial charge in [0.15, 0.2) is 6.61 Å². The van der Waals surface area contributed by atoms with Gasteiger partial charge in [0.2, 0.25) is 0 Å². The van der Waals surface area contributed by atoms with Crippen LogP contribution in [-0.2, 0) is 20.9 Å². The zero-order chi connectivity index (χ0) is 19.4. The van der Waals surface area contributed by atoms with Crippen LogP contribution in [0.1, 0.15) is 33.1 Å². The minimum atomic E-state index is -0.644. The molecule has 1 heterocycles. The van der Waals surface area contributed by atoms with E-state index in [1.54, 1.807) is 24.3 Å². The van der Waals surface area contributed by atoms with E-state index in [1.807, 2.05) is 0 Å². The second-order valence-electron chi connectivity index (χ2n) is 7.30. The first kappa shape index (κ1) is 19.1. The highest BCUT2D eigenvalue weighted by molar-refractivity contribution is 5.81. The Morgan fingerprint density at radius 1 is 1.26 bits per heavy atom. The van der Waals surface area contributed by atoms with E-state index in [0.717, 1.165) is 12.8 Å². The van der Waals surface area contributed by atoms with E-state index >= 15 is 0 Å². The van der Waals surface area contributed by atoms with Gasteiger partial charge in [0.05, 0.1) is 17.2 Å². The Morgan fingerprint density at radius 3 is 2.85 bits per heavy atom. The van der Waals surface area contributed by atoms with Gasteiger partial charge in [-0.3, -0.25) is 19.0 Å². The van der Waals surface area contributed by atoms with Crippen LogP contribution in [0.4, 0.5) is 0 Å². The fraction of sp³-hybridized carbons (Fsp3) is 0.500. The van der Waals surface area contributed by atoms with E-state index in [-0.39, 0.29) is 30.7 Å². The SMILES string of the molecule is C[C@@H]1[C@H](C)CCC[C@@H]1NC(=O)COC(=O)Cn1cnc2ccccc2c1=O. The summed E-state index contributed by atoms with van der Waals surface area (Å²) < 4.78 is 6.23. The van der Waals surface area contributed by atoms with Gasteiger partial charge >= 0.3 is 5.97 Å². The lowest BCUT2D eigenvalue weighted by molar-refractivity contribution is -0.149. The fourth-order valence-corrected chi connectivity index (χ4v) is 3.58. The molecule has 0 bridgehead atoms. The highest BCUT2D eigenvalue weighted by atomic mass is 16.5. The van der Waals surface area contributed by atoms with Gasteiger partial charge < -0.3 is 10.1 Å². The number of rotatable bonds is 5. The normalized spacial score (nSPS) is 22.4. The molecule has 0 unspecified atom stereocenters. The van der Waals surface area contributed by atoms with Crippen LogP contribution < -0.4 is 10.9 Å². The highest BCUT2D eigenvalue weighted by Crippen LogP contribution is 2.29. The van der Waals surface area contributed by atoms with Crippen LogP contribution in [-0.4, -0.2) is 34.1 Å². The number of carbonyl (C=O) groups is 2. The number of esters is 1. The van der Waals surface area contributed by atoms with Crippen LogP contribution in [0.2, 0.25) is 0 Å². The molecule has 7 heteroatoms. The second-order valence-corrected chi connectivity index (χ2v) is 7.30. The number of nitrogens with zero attached hydrogens (tertiary/aromatic N) is 2. The summed E-state index contributed by atoms with van der Waals surface area (Å²) in [5.74, 6) is 0.0206. The van der Waals surface area contributed by atoms with Crippen LogP contribution in [0.25, 0.3) is 10.9 Å². The van der Waals surface area contributed by atoms with Crippen molar-refractivity contribution in [3.05, 3.63) is 40.9 Å². The molecular weight excluding hydrogens is 346 g/mol. The monoisotopic (exact) mass is 371 g/mol. The Kier molecular flexibility index (Phi) is 5.88. The van der Waals surface area contributed by atoms with Crippen molar-refractivity contribution in [2.24, 2.45) is 11.8 Å². The molecule has 3 rings (SSSR count). The number of aromatic nitrogens is 2. The number of amides is 1. The first-order chi connectivity index (χ1) is 13.0. The first-order valence-electron chi connectivity index (χ1n) is 9.35. The summed E-state index contributed by atoms with van der Waals surface area (Å²) in [6.07, 6.45) is 4.53. The third-order valence-corrected chi connectivity index (χ3v) is 5.45. The van der Waals surface area contributed by atoms with Gasteiger partial charge in [-0.25, -0.2) is 4.98 Å². The molecule has 1 aliphatic carbocycles. The molecule has 1 fully saturated rings. The minimum Gasteiger partial charge on any atom is -0.454 e. The number of ether oxygens (including phenoxy) is 1. The number of nitrogens with one attached hydrogen (secondary N) is 1. The van der Waals surface area contributed by atoms with Crippen molar-refractivity contribution >= 4 is 22.8 Å². The molecule has 0 saturated heterocycles. The van der Waals surface area contributed by atoms with Crippen molar-refractivity contribution in [2.75, 3.05) is 6.61 Å². The molecule has 1 N–H and O–H groups in total. The lowest BCUT2D eigenvalue weighted by atomic mass is 9.78. The smallest absolute Gasteiger partial charge is 0.326 e. The number of hydrogen-bond donors (Lipinski definition) is 1. The summed E-state index contributed by atoms with van der Waals surface area (Å²) >= 11 is 0. The molecule has 7 nitrogen and oxygen atoms in total. The molecule has 144 valence electrons. The molecule has 2 aromatic rings. The minimum absolute atomic E-state index is 0.118. The maximum Gasteiger partial charge on any atom is 0.326 e. The average Bonchev–Trinajstić information content (AvgIpc) is 2.66. The second kappa shape index (κ2) is 8.33. The van der Waals surface area contributed by atoms with Gasteiger partial charge in [0, 0.05) is 6.04 Å². The molecule has 1 aliphatic rings. The van der Waals surface area contributed by atoms with Crippen molar-refractivity contribution in [1.29, 1.82) is 0 Å². The summed E-state index contributed by atoms with van der Waals surface area (Å²) in [6, 6.07) is 7.04. The molecule has 1 saturated carbocycles. The van der Waals surface area contributed by atoms with E-state index in [9.17, 15) is 14.4 Å². The molecule has 0 radical (unpaired) electrons. The number of para-hydroxylation sites is 1. The van der Waals surface area contributed by atoms with Gasteiger partial charge in [0.25, 0.3) is 11.5 Å². The van der Waals surface area contributed by atoms with Crippen LogP contribution in [0.15, 0.2) is 35.4 Å². The first-order valence-corrected chi connectivity index (χ1v) is 9.35. The topological polar surface area (TPSA) is 90.3 Å². The fourth-order valence-electron chi connectivity index (χ4n) is 3.58. The molecule has 27 heavy (non-hydrogen) atoms. The molecular formula is C20H25N3O4. The summed E-state index contributed by atoms with van der Waals surface area (Å²) in [6.45, 7) is 3.71. The maximum absolute atomic E-state index is 12.4. The van der Waals surface area contributed by atoms with E-state index in [4.69, 9.17) is 4.74 Å². The van der Waals surface area contributed by atoms with Crippen molar-refractivity contribution < 1.29 is 14.3 Å². The maximum atomic E-state index is 12.4. The van der Waals surface area contributed by atoms with E-state index in [2.05, 4.69) is 24.1 Å². The summed E-state index contributed by atoms with van der Waals surface area (Å²) in [5.41, 5.74) is 0.259. The van der Waals surface area contributed by atoms with Crippen LogP contribution in [0.5, 0.6) is 0 Å². The van der Waals surface area contributed by atoms with Gasteiger partial charge in [-0.1, -0.05) is 38.8 Å². The average molecular weight is 371 g/mol. The Balaban J connectivity index is 1.53. The highest BCUT2D eigenvalue weighted by Gasteiger charge is 2.28. The van der Waals surface area contributed by atoms with Crippen LogP contribution >= 0.6 is 0 Å². The lowest BCUT2D eigenvalue weighted by Crippen LogP contribution is -2.45. The molecule has 1 aromatic heterocycles. The zero-order valence-corrected chi connectivity index (χ0v) is 15.7. The number of carbonyl (C=O) groups excluding carboxylic acids is 2. The largest absolute Gasteiger partial charge is 0.454 e. The van der Waals surface area contributed by atoms with Gasteiger partial charge in [-0.2, -0.15) is 0 Å². The zero-order valence-electron chi connectivity index (χ0n) is 15.7. The third kappa shape index (κ3) is 4.53. The van der Waals surface area contributed by atoms with Crippen molar-refractivity contribution in [1.82, 2.24) is 14.9 Å². The quantitative estimate of drug-likeness (QED) is 0.811. The summed E-state index contributed by atoms with van der Waals surface area (Å²) in [5, 5.41) is 3.39. The Morgan fingerprint density at radius 2 is 2.04 bits per heavy atom. The molecule has 0 aliphatic heterocycles. The van der Waals surface area contributed by atoms with Crippen molar-refractivity contribution in [2.45, 2.75) is 45.7 Å². The lowest BCUT2D eigenvalue weighted by Gasteiger charge is -2.34. The van der Waals surface area contributed by atoms with Gasteiger partial charge in [-0.05, 0) is 30.4 Å². The van der Waals surface area contributed by atoms with Gasteiger partial charge in [-0.15, -0.1) is 0 Å². The molecule has 1 amide bonds. The van der Waals surface area contributed by atoms with Gasteiger partial charge in [0.1, 0.15) is 6.54 Å². The number of benzene rings is 1. The predicted octanol–water partition coefficient (Wildman–Crippen LogP) is 1.88. The molecule has 1 aromatic carbocycles. The summed E-state index contributed by atoms with van der Waals surface area (Å²) in [4.78, 5) is 40.6. The van der Waals surface area contributed by atoms with E-state index in [0.29, 0.717) is 22.7 Å². The van der Waals surface area contributed by atoms with E-state index in [1.165, 1.54) is 17.3 Å². The standard InChI is InChI=1S/C20H25N3O4/c1-13-6-5-9-16(14(13)2)22-18(24)11-27-19(25)10-23-12-21-17-8-4-3-7-15(17)20(23)26/h3-4,7-8,12-14,16H,5-6,9-11H2,1-2H3,(H,22,24)/t13-,14-,16+/m1/s1. The number of fused-ring (bicyclic) bond motifs is 1. The van der Waals surface area contributed by atoms with Crippen molar-refractivity contribution in [3.8, 4) is 0 Å². The van der Waals surface area contributed by atoms with Crippen molar-refractivity contribution in [3.63, 3.8) is 0 Å². The Hall–Kier alpha value is -2.70. The Labute approximate surface area is 157 Å². The third-order valence-electron chi connectivity index (χ3n) is 5.45. The summed E-state index contributed by atoms with van der Waals surface area (Å²) in [7, 11) is 0. The predicted molar refractivity (Wildman–Crippen MR) is 101 cm³/mol. The Bertz CT molecular complexity index is 892. The van der Waals surface area contributed by atoms with E-state index < -0.39 is 5.97 Å². The number of hydrogen-bond acceptors (Lipinski definition) is 5. The molecule has 0 spiro atoms. The van der Waals surface area contributed by atoms with Crippen LogP contribution in [0.3, 0.4) is 0 Å².